The van der Waals surface area contributed by atoms with Crippen molar-refractivity contribution in [2.75, 3.05) is 25.5 Å². The molecule has 0 aliphatic carbocycles. The fraction of sp³-hybridized carbons (Fsp3) is 0.389. The number of rotatable bonds is 5. The maximum absolute atomic E-state index is 5.83. The Labute approximate surface area is 142 Å². The Bertz CT molecular complexity index is 624. The average molecular weight is 332 g/mol. The highest BCUT2D eigenvalue weighted by Gasteiger charge is 2.19. The summed E-state index contributed by atoms with van der Waals surface area (Å²) in [5.41, 5.74) is 2.35. The SMILES string of the molecule is COc1cccc(NC2CCN(Cc3ccc(Cl)nc3)CC2)c1. The van der Waals surface area contributed by atoms with Crippen LogP contribution in [0, 0.1) is 0 Å². The van der Waals surface area contributed by atoms with E-state index >= 15 is 0 Å². The molecular formula is C18H22ClN3O. The first-order valence-electron chi connectivity index (χ1n) is 7.96. The first-order valence-corrected chi connectivity index (χ1v) is 8.34. The second-order valence-electron chi connectivity index (χ2n) is 5.92. The van der Waals surface area contributed by atoms with Crippen LogP contribution in [0.5, 0.6) is 5.75 Å². The number of hydrogen-bond acceptors (Lipinski definition) is 4. The van der Waals surface area contributed by atoms with Gasteiger partial charge in [-0.1, -0.05) is 23.7 Å². The van der Waals surface area contributed by atoms with E-state index in [9.17, 15) is 0 Å². The molecule has 0 atom stereocenters. The van der Waals surface area contributed by atoms with Crippen molar-refractivity contribution in [1.29, 1.82) is 0 Å². The molecule has 122 valence electrons. The summed E-state index contributed by atoms with van der Waals surface area (Å²) in [6.07, 6.45) is 4.14. The van der Waals surface area contributed by atoms with Gasteiger partial charge in [0.1, 0.15) is 10.9 Å². The molecule has 1 aromatic carbocycles. The maximum Gasteiger partial charge on any atom is 0.129 e. The Hall–Kier alpha value is -1.78. The number of halogens is 1. The smallest absolute Gasteiger partial charge is 0.129 e. The number of aromatic nitrogens is 1. The number of nitrogens with one attached hydrogen (secondary N) is 1. The lowest BCUT2D eigenvalue weighted by molar-refractivity contribution is 0.211. The van der Waals surface area contributed by atoms with Gasteiger partial charge in [0.15, 0.2) is 0 Å². The molecule has 0 radical (unpaired) electrons. The van der Waals surface area contributed by atoms with Gasteiger partial charge in [0.05, 0.1) is 7.11 Å². The van der Waals surface area contributed by atoms with E-state index in [0.717, 1.165) is 43.9 Å². The van der Waals surface area contributed by atoms with Gasteiger partial charge < -0.3 is 10.1 Å². The highest BCUT2D eigenvalue weighted by Crippen LogP contribution is 2.21. The summed E-state index contributed by atoms with van der Waals surface area (Å²) in [6, 6.07) is 12.5. The predicted molar refractivity (Wildman–Crippen MR) is 94.2 cm³/mol. The summed E-state index contributed by atoms with van der Waals surface area (Å²) in [5, 5.41) is 4.16. The first-order chi connectivity index (χ1) is 11.2. The maximum atomic E-state index is 5.83. The number of piperidine rings is 1. The van der Waals surface area contributed by atoms with E-state index < -0.39 is 0 Å². The van der Waals surface area contributed by atoms with Crippen LogP contribution in [0.4, 0.5) is 5.69 Å². The van der Waals surface area contributed by atoms with Gasteiger partial charge in [0, 0.05) is 43.6 Å². The van der Waals surface area contributed by atoms with Crippen molar-refractivity contribution in [1.82, 2.24) is 9.88 Å². The Morgan fingerprint density at radius 1 is 1.26 bits per heavy atom. The second kappa shape index (κ2) is 7.66. The lowest BCUT2D eigenvalue weighted by Gasteiger charge is -2.32. The van der Waals surface area contributed by atoms with Crippen molar-refractivity contribution in [3.05, 3.63) is 53.3 Å². The minimum Gasteiger partial charge on any atom is -0.497 e. The third-order valence-electron chi connectivity index (χ3n) is 4.22. The van der Waals surface area contributed by atoms with Gasteiger partial charge in [0.25, 0.3) is 0 Å². The number of likely N-dealkylation sites (tertiary alicyclic amines) is 1. The molecule has 0 amide bonds. The molecule has 3 rings (SSSR count). The standard InChI is InChI=1S/C18H22ClN3O/c1-23-17-4-2-3-16(11-17)21-15-7-9-22(10-8-15)13-14-5-6-18(19)20-12-14/h2-6,11-12,15,21H,7-10,13H2,1H3. The monoisotopic (exact) mass is 331 g/mol. The number of benzene rings is 1. The van der Waals surface area contributed by atoms with Crippen molar-refractivity contribution in [3.8, 4) is 5.75 Å². The summed E-state index contributed by atoms with van der Waals surface area (Å²) in [4.78, 5) is 6.61. The third kappa shape index (κ3) is 4.60. The van der Waals surface area contributed by atoms with Gasteiger partial charge >= 0.3 is 0 Å². The van der Waals surface area contributed by atoms with E-state index in [-0.39, 0.29) is 0 Å². The number of nitrogens with zero attached hydrogens (tertiary/aromatic N) is 2. The molecule has 2 aromatic rings. The molecule has 1 N–H and O–H groups in total. The summed E-state index contributed by atoms with van der Waals surface area (Å²) >= 11 is 5.83. The molecule has 1 aliphatic heterocycles. The zero-order chi connectivity index (χ0) is 16.1. The Morgan fingerprint density at radius 3 is 2.78 bits per heavy atom. The molecule has 0 unspecified atom stereocenters. The molecule has 4 nitrogen and oxygen atoms in total. The van der Waals surface area contributed by atoms with Crippen LogP contribution in [0.2, 0.25) is 5.15 Å². The lowest BCUT2D eigenvalue weighted by Crippen LogP contribution is -2.38. The molecule has 1 aliphatic rings. The minimum atomic E-state index is 0.515. The van der Waals surface area contributed by atoms with E-state index in [4.69, 9.17) is 16.3 Å². The van der Waals surface area contributed by atoms with Gasteiger partial charge in [0.2, 0.25) is 0 Å². The quantitative estimate of drug-likeness (QED) is 0.845. The lowest BCUT2D eigenvalue weighted by atomic mass is 10.0. The van der Waals surface area contributed by atoms with Crippen molar-refractivity contribution in [2.24, 2.45) is 0 Å². The van der Waals surface area contributed by atoms with E-state index in [0.29, 0.717) is 11.2 Å². The molecule has 1 saturated heterocycles. The van der Waals surface area contributed by atoms with Crippen LogP contribution in [0.25, 0.3) is 0 Å². The number of pyridine rings is 1. The van der Waals surface area contributed by atoms with E-state index in [1.54, 1.807) is 7.11 Å². The number of methoxy groups -OCH3 is 1. The molecule has 1 fully saturated rings. The third-order valence-corrected chi connectivity index (χ3v) is 4.45. The van der Waals surface area contributed by atoms with Gasteiger partial charge in [-0.2, -0.15) is 0 Å². The topological polar surface area (TPSA) is 37.4 Å². The number of anilines is 1. The minimum absolute atomic E-state index is 0.515. The Morgan fingerprint density at radius 2 is 2.09 bits per heavy atom. The number of ether oxygens (including phenoxy) is 1. The molecular weight excluding hydrogens is 310 g/mol. The first kappa shape index (κ1) is 16.1. The fourth-order valence-corrected chi connectivity index (χ4v) is 3.05. The van der Waals surface area contributed by atoms with Crippen molar-refractivity contribution in [2.45, 2.75) is 25.4 Å². The van der Waals surface area contributed by atoms with Crippen LogP contribution < -0.4 is 10.1 Å². The summed E-state index contributed by atoms with van der Waals surface area (Å²) in [6.45, 7) is 3.12. The number of hydrogen-bond donors (Lipinski definition) is 1. The molecule has 0 spiro atoms. The van der Waals surface area contributed by atoms with Crippen LogP contribution in [-0.2, 0) is 6.54 Å². The molecule has 23 heavy (non-hydrogen) atoms. The molecule has 1 aromatic heterocycles. The van der Waals surface area contributed by atoms with Crippen LogP contribution in [-0.4, -0.2) is 36.1 Å². The molecule has 5 heteroatoms. The van der Waals surface area contributed by atoms with Gasteiger partial charge in [-0.05, 0) is 36.6 Å². The van der Waals surface area contributed by atoms with Gasteiger partial charge in [-0.3, -0.25) is 4.90 Å². The molecule has 0 bridgehead atoms. The Kier molecular flexibility index (Phi) is 5.36. The van der Waals surface area contributed by atoms with Crippen LogP contribution >= 0.6 is 11.6 Å². The molecule has 2 heterocycles. The largest absolute Gasteiger partial charge is 0.497 e. The van der Waals surface area contributed by atoms with E-state index in [1.807, 2.05) is 30.5 Å². The molecule has 0 saturated carbocycles. The van der Waals surface area contributed by atoms with Gasteiger partial charge in [-0.15, -0.1) is 0 Å². The van der Waals surface area contributed by atoms with Crippen molar-refractivity contribution in [3.63, 3.8) is 0 Å². The van der Waals surface area contributed by atoms with Gasteiger partial charge in [-0.25, -0.2) is 4.98 Å². The summed E-state index contributed by atoms with van der Waals surface area (Å²) < 4.78 is 5.27. The Balaban J connectivity index is 1.49. The second-order valence-corrected chi connectivity index (χ2v) is 6.30. The fourth-order valence-electron chi connectivity index (χ4n) is 2.94. The van der Waals surface area contributed by atoms with Crippen LogP contribution in [0.15, 0.2) is 42.6 Å². The van der Waals surface area contributed by atoms with Crippen molar-refractivity contribution < 1.29 is 4.74 Å². The van der Waals surface area contributed by atoms with Crippen molar-refractivity contribution >= 4 is 17.3 Å². The predicted octanol–water partition coefficient (Wildman–Crippen LogP) is 3.82. The summed E-state index contributed by atoms with van der Waals surface area (Å²) in [5.74, 6) is 0.891. The zero-order valence-electron chi connectivity index (χ0n) is 13.3. The average Bonchev–Trinajstić information content (AvgIpc) is 2.59. The highest BCUT2D eigenvalue weighted by molar-refractivity contribution is 6.29. The van der Waals surface area contributed by atoms with E-state index in [2.05, 4.69) is 27.3 Å². The van der Waals surface area contributed by atoms with E-state index in [1.165, 1.54) is 5.56 Å². The normalized spacial score (nSPS) is 16.3. The zero-order valence-corrected chi connectivity index (χ0v) is 14.1. The summed E-state index contributed by atoms with van der Waals surface area (Å²) in [7, 11) is 1.70. The van der Waals surface area contributed by atoms with Crippen LogP contribution in [0.3, 0.4) is 0 Å². The highest BCUT2D eigenvalue weighted by atomic mass is 35.5. The van der Waals surface area contributed by atoms with Crippen LogP contribution in [0.1, 0.15) is 18.4 Å².